The summed E-state index contributed by atoms with van der Waals surface area (Å²) in [4.78, 5) is 0. The van der Waals surface area contributed by atoms with Crippen LogP contribution in [0.25, 0.3) is 0 Å². The molecule has 0 aromatic heterocycles. The molecule has 0 aliphatic heterocycles. The second-order valence-corrected chi connectivity index (χ2v) is 12.0. The highest BCUT2D eigenvalue weighted by Crippen LogP contribution is 2.66. The zero-order valence-electron chi connectivity index (χ0n) is 18.8. The summed E-state index contributed by atoms with van der Waals surface area (Å²) in [6.07, 6.45) is 17.3. The van der Waals surface area contributed by atoms with Crippen LogP contribution in [0.4, 0.5) is 0 Å². The van der Waals surface area contributed by atoms with Crippen LogP contribution in [0.1, 0.15) is 105 Å². The summed E-state index contributed by atoms with van der Waals surface area (Å²) in [6.45, 7) is 9.05. The molecule has 3 fully saturated rings. The molecule has 0 aromatic carbocycles. The Morgan fingerprint density at radius 2 is 1.82 bits per heavy atom. The van der Waals surface area contributed by atoms with E-state index in [2.05, 4.69) is 19.9 Å². The molecule has 4 rings (SSSR count). The Kier molecular flexibility index (Phi) is 5.54. The van der Waals surface area contributed by atoms with Gasteiger partial charge in [0, 0.05) is 0 Å². The molecule has 2 N–H and O–H groups in total. The molecular formula is C26H44O2. The summed E-state index contributed by atoms with van der Waals surface area (Å²) >= 11 is 0. The van der Waals surface area contributed by atoms with Gasteiger partial charge in [0.2, 0.25) is 0 Å². The predicted molar refractivity (Wildman–Crippen MR) is 116 cm³/mol. The van der Waals surface area contributed by atoms with Crippen LogP contribution in [-0.4, -0.2) is 21.9 Å². The van der Waals surface area contributed by atoms with Crippen molar-refractivity contribution in [1.29, 1.82) is 0 Å². The van der Waals surface area contributed by atoms with Gasteiger partial charge >= 0.3 is 0 Å². The van der Waals surface area contributed by atoms with Gasteiger partial charge in [-0.3, -0.25) is 0 Å². The molecule has 0 saturated heterocycles. The summed E-state index contributed by atoms with van der Waals surface area (Å²) in [5.41, 5.74) is 2.01. The first-order valence-corrected chi connectivity index (χ1v) is 12.2. The number of aliphatic hydroxyl groups excluding tert-OH is 1. The van der Waals surface area contributed by atoms with E-state index in [-0.39, 0.29) is 6.10 Å². The maximum atomic E-state index is 10.2. The SMILES string of the molecule is CC(C)(O)CCCC[C@H]1CC[C@H]2[C@@H]3CC=C4C[C@@H](O)CC[C@]4(C)[C@H]3CC[C@]12C. The summed E-state index contributed by atoms with van der Waals surface area (Å²) in [5, 5.41) is 20.2. The second-order valence-electron chi connectivity index (χ2n) is 12.0. The van der Waals surface area contributed by atoms with E-state index in [0.717, 1.165) is 42.9 Å². The van der Waals surface area contributed by atoms with Gasteiger partial charge < -0.3 is 10.2 Å². The minimum absolute atomic E-state index is 0.0931. The third kappa shape index (κ3) is 3.62. The second kappa shape index (κ2) is 7.41. The van der Waals surface area contributed by atoms with Crippen LogP contribution in [-0.2, 0) is 0 Å². The first-order valence-electron chi connectivity index (χ1n) is 12.2. The zero-order chi connectivity index (χ0) is 20.2. The van der Waals surface area contributed by atoms with Crippen LogP contribution < -0.4 is 0 Å². The minimum atomic E-state index is -0.505. The van der Waals surface area contributed by atoms with Crippen LogP contribution in [0.15, 0.2) is 11.6 Å². The Morgan fingerprint density at radius 1 is 1.04 bits per heavy atom. The predicted octanol–water partition coefficient (Wildman–Crippen LogP) is 6.26. The molecule has 7 atom stereocenters. The molecule has 0 aromatic rings. The van der Waals surface area contributed by atoms with E-state index in [0.29, 0.717) is 10.8 Å². The van der Waals surface area contributed by atoms with E-state index in [9.17, 15) is 10.2 Å². The lowest BCUT2D eigenvalue weighted by Crippen LogP contribution is -2.50. The number of hydrogen-bond donors (Lipinski definition) is 2. The van der Waals surface area contributed by atoms with Crippen molar-refractivity contribution in [3.63, 3.8) is 0 Å². The fourth-order valence-corrected chi connectivity index (χ4v) is 8.17. The monoisotopic (exact) mass is 388 g/mol. The fourth-order valence-electron chi connectivity index (χ4n) is 8.17. The molecule has 0 spiro atoms. The molecule has 2 heteroatoms. The maximum Gasteiger partial charge on any atom is 0.0591 e. The largest absolute Gasteiger partial charge is 0.393 e. The van der Waals surface area contributed by atoms with Crippen LogP contribution in [0.5, 0.6) is 0 Å². The van der Waals surface area contributed by atoms with Crippen molar-refractivity contribution < 1.29 is 10.2 Å². The molecule has 2 nitrogen and oxygen atoms in total. The molecule has 0 heterocycles. The quantitative estimate of drug-likeness (QED) is 0.431. The summed E-state index contributed by atoms with van der Waals surface area (Å²) < 4.78 is 0. The molecule has 28 heavy (non-hydrogen) atoms. The van der Waals surface area contributed by atoms with Crippen molar-refractivity contribution in [2.75, 3.05) is 0 Å². The molecule has 3 saturated carbocycles. The Hall–Kier alpha value is -0.340. The van der Waals surface area contributed by atoms with E-state index >= 15 is 0 Å². The van der Waals surface area contributed by atoms with Gasteiger partial charge in [0.15, 0.2) is 0 Å². The Balaban J connectivity index is 1.43. The third-order valence-electron chi connectivity index (χ3n) is 9.87. The van der Waals surface area contributed by atoms with Gasteiger partial charge in [0.25, 0.3) is 0 Å². The lowest BCUT2D eigenvalue weighted by atomic mass is 9.47. The summed E-state index contributed by atoms with van der Waals surface area (Å²) in [7, 11) is 0. The van der Waals surface area contributed by atoms with E-state index in [1.54, 1.807) is 5.57 Å². The highest BCUT2D eigenvalue weighted by molar-refractivity contribution is 5.25. The fraction of sp³-hybridized carbons (Fsp3) is 0.923. The van der Waals surface area contributed by atoms with Gasteiger partial charge in [-0.05, 0) is 113 Å². The molecule has 4 aliphatic rings. The Morgan fingerprint density at radius 3 is 2.57 bits per heavy atom. The van der Waals surface area contributed by atoms with Gasteiger partial charge in [-0.1, -0.05) is 38.3 Å². The average molecular weight is 389 g/mol. The van der Waals surface area contributed by atoms with Crippen LogP contribution in [0.3, 0.4) is 0 Å². The summed E-state index contributed by atoms with van der Waals surface area (Å²) in [6, 6.07) is 0. The highest BCUT2D eigenvalue weighted by Gasteiger charge is 2.58. The molecule has 0 bridgehead atoms. The Bertz CT molecular complexity index is 602. The lowest BCUT2D eigenvalue weighted by Gasteiger charge is -2.58. The van der Waals surface area contributed by atoms with Gasteiger partial charge in [0.05, 0.1) is 11.7 Å². The molecule has 0 amide bonds. The van der Waals surface area contributed by atoms with Crippen molar-refractivity contribution >= 4 is 0 Å². The summed E-state index contributed by atoms with van der Waals surface area (Å²) in [5.74, 6) is 3.54. The Labute approximate surface area is 173 Å². The number of hydrogen-bond acceptors (Lipinski definition) is 2. The number of fused-ring (bicyclic) bond motifs is 5. The normalized spacial score (nSPS) is 45.8. The van der Waals surface area contributed by atoms with Crippen molar-refractivity contribution in [3.05, 3.63) is 11.6 Å². The van der Waals surface area contributed by atoms with E-state index in [1.165, 1.54) is 57.8 Å². The topological polar surface area (TPSA) is 40.5 Å². The average Bonchev–Trinajstić information content (AvgIpc) is 2.95. The third-order valence-corrected chi connectivity index (χ3v) is 9.87. The van der Waals surface area contributed by atoms with Crippen LogP contribution in [0.2, 0.25) is 0 Å². The lowest BCUT2D eigenvalue weighted by molar-refractivity contribution is -0.0510. The van der Waals surface area contributed by atoms with E-state index in [1.807, 2.05) is 13.8 Å². The van der Waals surface area contributed by atoms with Crippen LogP contribution in [0, 0.1) is 34.5 Å². The molecule has 0 radical (unpaired) electrons. The number of unbranched alkanes of at least 4 members (excludes halogenated alkanes) is 1. The van der Waals surface area contributed by atoms with Gasteiger partial charge in [0.1, 0.15) is 0 Å². The number of allylic oxidation sites excluding steroid dienone is 1. The molecule has 0 unspecified atom stereocenters. The van der Waals surface area contributed by atoms with E-state index in [4.69, 9.17) is 0 Å². The first kappa shape index (κ1) is 20.9. The molecule has 160 valence electrons. The maximum absolute atomic E-state index is 10.2. The van der Waals surface area contributed by atoms with Gasteiger partial charge in [-0.25, -0.2) is 0 Å². The van der Waals surface area contributed by atoms with Crippen LogP contribution >= 0.6 is 0 Å². The zero-order valence-corrected chi connectivity index (χ0v) is 18.8. The van der Waals surface area contributed by atoms with Gasteiger partial charge in [-0.2, -0.15) is 0 Å². The number of rotatable bonds is 5. The number of aliphatic hydroxyl groups is 2. The van der Waals surface area contributed by atoms with Crippen molar-refractivity contribution in [2.24, 2.45) is 34.5 Å². The van der Waals surface area contributed by atoms with Crippen molar-refractivity contribution in [3.8, 4) is 0 Å². The van der Waals surface area contributed by atoms with E-state index < -0.39 is 5.60 Å². The first-order chi connectivity index (χ1) is 13.1. The minimum Gasteiger partial charge on any atom is -0.393 e. The van der Waals surface area contributed by atoms with Crippen molar-refractivity contribution in [1.82, 2.24) is 0 Å². The molecule has 4 aliphatic carbocycles. The van der Waals surface area contributed by atoms with Crippen molar-refractivity contribution in [2.45, 2.75) is 116 Å². The molecular weight excluding hydrogens is 344 g/mol. The highest BCUT2D eigenvalue weighted by atomic mass is 16.3. The van der Waals surface area contributed by atoms with Gasteiger partial charge in [-0.15, -0.1) is 0 Å². The smallest absolute Gasteiger partial charge is 0.0591 e. The standard InChI is InChI=1S/C26H44O2/c1-24(2,28)14-6-5-7-18-9-11-22-21-10-8-19-17-20(27)12-15-26(19,4)23(21)13-16-25(18,22)3/h8,18,20-23,27-28H,5-7,9-17H2,1-4H3/t18-,20-,21-,22-,23-,25+,26-/m0/s1.